The van der Waals surface area contributed by atoms with Crippen LogP contribution in [0.2, 0.25) is 0 Å². The first-order valence-corrected chi connectivity index (χ1v) is 8.68. The van der Waals surface area contributed by atoms with Crippen molar-refractivity contribution in [1.29, 1.82) is 0 Å². The van der Waals surface area contributed by atoms with Crippen molar-refractivity contribution in [2.24, 2.45) is 0 Å². The van der Waals surface area contributed by atoms with Crippen LogP contribution >= 0.6 is 11.8 Å². The number of hydrogen-bond donors (Lipinski definition) is 0. The van der Waals surface area contributed by atoms with Gasteiger partial charge in [-0.3, -0.25) is 0 Å². The van der Waals surface area contributed by atoms with Crippen LogP contribution in [0.15, 0.2) is 46.2 Å². The number of nitrogens with zero attached hydrogens (tertiary/aromatic N) is 2. The van der Waals surface area contributed by atoms with Crippen molar-refractivity contribution in [2.75, 3.05) is 32.1 Å². The van der Waals surface area contributed by atoms with E-state index in [0.717, 1.165) is 29.6 Å². The Bertz CT molecular complexity index is 774. The van der Waals surface area contributed by atoms with Crippen LogP contribution in [0.25, 0.3) is 0 Å². The van der Waals surface area contributed by atoms with Gasteiger partial charge in [0.2, 0.25) is 0 Å². The summed E-state index contributed by atoms with van der Waals surface area (Å²) in [5, 5.41) is 0. The minimum absolute atomic E-state index is 0.352. The van der Waals surface area contributed by atoms with E-state index in [4.69, 9.17) is 0 Å². The Hall–Kier alpha value is -1.73. The molecule has 1 aliphatic heterocycles. The molecule has 0 spiro atoms. The molecule has 0 aromatic heterocycles. The molecule has 0 radical (unpaired) electrons. The second-order valence-electron chi connectivity index (χ2n) is 6.20. The third-order valence-electron chi connectivity index (χ3n) is 4.00. The Morgan fingerprint density at radius 2 is 1.76 bits per heavy atom. The van der Waals surface area contributed by atoms with Gasteiger partial charge in [0, 0.05) is 16.3 Å². The normalized spacial score (nSPS) is 13.8. The monoisotopic (exact) mass is 370 g/mol. The first-order chi connectivity index (χ1) is 11.8. The van der Waals surface area contributed by atoms with Gasteiger partial charge in [0.15, 0.2) is 0 Å². The van der Waals surface area contributed by atoms with E-state index in [2.05, 4.69) is 0 Å². The van der Waals surface area contributed by atoms with Crippen LogP contribution in [0.5, 0.6) is 0 Å². The van der Waals surface area contributed by atoms with E-state index in [1.165, 1.54) is 36.0 Å². The number of hydrogen-bond acceptors (Lipinski definition) is 3. The molecule has 2 aromatic rings. The third-order valence-corrected chi connectivity index (χ3v) is 5.11. The van der Waals surface area contributed by atoms with Gasteiger partial charge in [0.05, 0.1) is 16.9 Å². The van der Waals surface area contributed by atoms with Crippen molar-refractivity contribution in [3.63, 3.8) is 0 Å². The predicted molar refractivity (Wildman–Crippen MR) is 92.1 cm³/mol. The summed E-state index contributed by atoms with van der Waals surface area (Å²) in [6.07, 6.45) is -3.61. The van der Waals surface area contributed by atoms with E-state index in [9.17, 15) is 17.6 Å². The van der Waals surface area contributed by atoms with Crippen LogP contribution in [0.1, 0.15) is 12.0 Å². The van der Waals surface area contributed by atoms with Crippen LogP contribution < -0.4 is 4.90 Å². The van der Waals surface area contributed by atoms with Gasteiger partial charge >= 0.3 is 6.18 Å². The fraction of sp³-hybridized carbons (Fsp3) is 0.333. The molecule has 0 N–H and O–H groups in total. The lowest BCUT2D eigenvalue weighted by molar-refractivity contribution is -0.137. The van der Waals surface area contributed by atoms with Gasteiger partial charge in [-0.1, -0.05) is 11.8 Å². The van der Waals surface area contributed by atoms with Gasteiger partial charge in [-0.15, -0.1) is 0 Å². The third kappa shape index (κ3) is 3.93. The second kappa shape index (κ2) is 6.88. The molecule has 7 heteroatoms. The Balaban J connectivity index is 2.02. The predicted octanol–water partition coefficient (Wildman–Crippen LogP) is 5.40. The number of halogens is 4. The van der Waals surface area contributed by atoms with E-state index in [-0.39, 0.29) is 5.82 Å². The SMILES string of the molecule is CN(C)CCCN1c2ccc(F)cc2Sc2ccc(C(F)(F)F)cc21. The zero-order chi connectivity index (χ0) is 18.2. The van der Waals surface area contributed by atoms with E-state index in [1.54, 1.807) is 6.07 Å². The maximum absolute atomic E-state index is 13.6. The molecular weight excluding hydrogens is 352 g/mol. The Labute approximate surface area is 148 Å². The molecule has 25 heavy (non-hydrogen) atoms. The first kappa shape index (κ1) is 18.1. The van der Waals surface area contributed by atoms with Gasteiger partial charge in [0.1, 0.15) is 5.82 Å². The van der Waals surface area contributed by atoms with Gasteiger partial charge in [-0.05, 0) is 63.5 Å². The molecule has 0 saturated heterocycles. The summed E-state index contributed by atoms with van der Waals surface area (Å²) in [6, 6.07) is 8.14. The van der Waals surface area contributed by atoms with Crippen LogP contribution in [-0.4, -0.2) is 32.1 Å². The fourth-order valence-electron chi connectivity index (χ4n) is 2.82. The highest BCUT2D eigenvalue weighted by Gasteiger charge is 2.33. The van der Waals surface area contributed by atoms with Gasteiger partial charge in [-0.25, -0.2) is 4.39 Å². The lowest BCUT2D eigenvalue weighted by Crippen LogP contribution is -2.25. The molecule has 0 fully saturated rings. The average molecular weight is 370 g/mol. The van der Waals surface area contributed by atoms with Crippen LogP contribution in [0.4, 0.5) is 28.9 Å². The zero-order valence-corrected chi connectivity index (χ0v) is 14.7. The summed E-state index contributed by atoms with van der Waals surface area (Å²) in [7, 11) is 3.90. The van der Waals surface area contributed by atoms with Crippen molar-refractivity contribution in [3.05, 3.63) is 47.8 Å². The second-order valence-corrected chi connectivity index (χ2v) is 7.29. The molecule has 1 aliphatic rings. The van der Waals surface area contributed by atoms with E-state index < -0.39 is 11.7 Å². The highest BCUT2D eigenvalue weighted by atomic mass is 32.2. The summed E-state index contributed by atoms with van der Waals surface area (Å²) in [5.74, 6) is -0.352. The Morgan fingerprint density at radius 3 is 2.44 bits per heavy atom. The largest absolute Gasteiger partial charge is 0.416 e. The van der Waals surface area contributed by atoms with E-state index >= 15 is 0 Å². The molecular formula is C18H18F4N2S. The summed E-state index contributed by atoms with van der Waals surface area (Å²) >= 11 is 1.30. The number of rotatable bonds is 4. The molecule has 2 nitrogen and oxygen atoms in total. The van der Waals surface area contributed by atoms with Crippen molar-refractivity contribution >= 4 is 23.1 Å². The average Bonchev–Trinajstić information content (AvgIpc) is 2.52. The Morgan fingerprint density at radius 1 is 1.00 bits per heavy atom. The van der Waals surface area contributed by atoms with Crippen molar-refractivity contribution in [1.82, 2.24) is 4.90 Å². The summed E-state index contributed by atoms with van der Waals surface area (Å²) in [6.45, 7) is 1.38. The maximum atomic E-state index is 13.6. The number of anilines is 2. The molecule has 0 saturated carbocycles. The quantitative estimate of drug-likeness (QED) is 0.666. The molecule has 0 atom stereocenters. The molecule has 1 heterocycles. The van der Waals surface area contributed by atoms with Crippen LogP contribution in [-0.2, 0) is 6.18 Å². The highest BCUT2D eigenvalue weighted by Crippen LogP contribution is 2.49. The van der Waals surface area contributed by atoms with Crippen molar-refractivity contribution in [2.45, 2.75) is 22.4 Å². The minimum atomic E-state index is -4.39. The van der Waals surface area contributed by atoms with Crippen molar-refractivity contribution in [3.8, 4) is 0 Å². The van der Waals surface area contributed by atoms with Gasteiger partial charge < -0.3 is 9.80 Å². The van der Waals surface area contributed by atoms with E-state index in [1.807, 2.05) is 23.9 Å². The molecule has 3 rings (SSSR count). The molecule has 134 valence electrons. The van der Waals surface area contributed by atoms with Gasteiger partial charge in [-0.2, -0.15) is 13.2 Å². The molecule has 0 aliphatic carbocycles. The maximum Gasteiger partial charge on any atom is 0.416 e. The summed E-state index contributed by atoms with van der Waals surface area (Å²) in [4.78, 5) is 5.31. The topological polar surface area (TPSA) is 6.48 Å². The summed E-state index contributed by atoms with van der Waals surface area (Å²) < 4.78 is 52.9. The lowest BCUT2D eigenvalue weighted by Gasteiger charge is -2.33. The minimum Gasteiger partial charge on any atom is -0.340 e. The van der Waals surface area contributed by atoms with E-state index in [0.29, 0.717) is 17.1 Å². The Kier molecular flexibility index (Phi) is 4.97. The molecule has 0 bridgehead atoms. The number of alkyl halides is 3. The lowest BCUT2D eigenvalue weighted by atomic mass is 10.1. The zero-order valence-electron chi connectivity index (χ0n) is 13.9. The smallest absolute Gasteiger partial charge is 0.340 e. The van der Waals surface area contributed by atoms with Gasteiger partial charge in [0.25, 0.3) is 0 Å². The molecule has 0 amide bonds. The molecule has 0 unspecified atom stereocenters. The summed E-state index contributed by atoms with van der Waals surface area (Å²) in [5.41, 5.74) is 0.602. The van der Waals surface area contributed by atoms with Crippen LogP contribution in [0.3, 0.4) is 0 Å². The first-order valence-electron chi connectivity index (χ1n) is 7.86. The number of fused-ring (bicyclic) bond motifs is 2. The fourth-order valence-corrected chi connectivity index (χ4v) is 3.92. The highest BCUT2D eigenvalue weighted by molar-refractivity contribution is 7.99. The standard InChI is InChI=1S/C18H18F4N2S/c1-23(2)8-3-9-24-14-6-5-13(19)11-17(14)25-16-7-4-12(10-15(16)24)18(20,21)22/h4-7,10-11H,3,8-9H2,1-2H3. The molecule has 2 aromatic carbocycles. The van der Waals surface area contributed by atoms with Crippen molar-refractivity contribution < 1.29 is 17.6 Å². The number of benzene rings is 2. The van der Waals surface area contributed by atoms with Crippen LogP contribution in [0, 0.1) is 5.82 Å².